The van der Waals surface area contributed by atoms with Crippen LogP contribution in [0.5, 0.6) is 0 Å². The minimum absolute atomic E-state index is 0.594. The zero-order valence-electron chi connectivity index (χ0n) is 15.2. The predicted octanol–water partition coefficient (Wildman–Crippen LogP) is 7.18. The molecule has 1 heteroatoms. The maximum absolute atomic E-state index is 3.76. The Morgan fingerprint density at radius 3 is 2.36 bits per heavy atom. The summed E-state index contributed by atoms with van der Waals surface area (Å²) < 4.78 is 0. The third-order valence-corrected chi connectivity index (χ3v) is 6.26. The Labute approximate surface area is 143 Å². The Bertz CT molecular complexity index is 371. The SMILES string of the molecule is C=C/C=C\C=C(/C)C1CC(SCC)CC(CCC)(CCC)C1. The summed E-state index contributed by atoms with van der Waals surface area (Å²) in [7, 11) is 0. The molecule has 0 bridgehead atoms. The smallest absolute Gasteiger partial charge is 0.00579 e. The van der Waals surface area contributed by atoms with E-state index in [2.05, 4.69) is 58.2 Å². The molecule has 0 aliphatic heterocycles. The van der Waals surface area contributed by atoms with Crippen molar-refractivity contribution in [2.45, 2.75) is 77.9 Å². The van der Waals surface area contributed by atoms with E-state index in [1.807, 2.05) is 12.2 Å². The first-order chi connectivity index (χ1) is 10.6. The van der Waals surface area contributed by atoms with Crippen LogP contribution in [0, 0.1) is 11.3 Å². The molecule has 1 rings (SSSR count). The molecule has 1 aliphatic rings. The molecule has 0 aromatic carbocycles. The summed E-state index contributed by atoms with van der Waals surface area (Å²) in [6.45, 7) is 13.1. The van der Waals surface area contributed by atoms with Crippen molar-refractivity contribution in [2.75, 3.05) is 5.75 Å². The molecule has 0 nitrogen and oxygen atoms in total. The number of hydrogen-bond donors (Lipinski definition) is 0. The van der Waals surface area contributed by atoms with E-state index < -0.39 is 0 Å². The molecule has 0 radical (unpaired) electrons. The summed E-state index contributed by atoms with van der Waals surface area (Å²) in [5.41, 5.74) is 2.16. The molecule has 126 valence electrons. The Hall–Kier alpha value is -0.430. The summed E-state index contributed by atoms with van der Waals surface area (Å²) in [4.78, 5) is 0. The van der Waals surface area contributed by atoms with Crippen molar-refractivity contribution in [3.63, 3.8) is 0 Å². The third-order valence-electron chi connectivity index (χ3n) is 5.10. The van der Waals surface area contributed by atoms with Crippen LogP contribution in [0.3, 0.4) is 0 Å². The maximum atomic E-state index is 3.76. The van der Waals surface area contributed by atoms with E-state index in [9.17, 15) is 0 Å². The van der Waals surface area contributed by atoms with Crippen molar-refractivity contribution in [1.29, 1.82) is 0 Å². The first-order valence-corrected chi connectivity index (χ1v) is 10.2. The Morgan fingerprint density at radius 1 is 1.14 bits per heavy atom. The molecule has 22 heavy (non-hydrogen) atoms. The van der Waals surface area contributed by atoms with Crippen molar-refractivity contribution in [1.82, 2.24) is 0 Å². The van der Waals surface area contributed by atoms with Crippen LogP contribution in [0.1, 0.15) is 72.6 Å². The lowest BCUT2D eigenvalue weighted by Gasteiger charge is -2.45. The fourth-order valence-electron chi connectivity index (χ4n) is 4.30. The fourth-order valence-corrected chi connectivity index (χ4v) is 5.61. The van der Waals surface area contributed by atoms with E-state index in [4.69, 9.17) is 0 Å². The van der Waals surface area contributed by atoms with Crippen LogP contribution in [0.15, 0.2) is 36.5 Å². The normalized spacial score (nSPS) is 25.5. The van der Waals surface area contributed by atoms with Crippen molar-refractivity contribution >= 4 is 11.8 Å². The van der Waals surface area contributed by atoms with Crippen LogP contribution < -0.4 is 0 Å². The Kier molecular flexibility index (Phi) is 9.24. The van der Waals surface area contributed by atoms with Crippen LogP contribution in [0.4, 0.5) is 0 Å². The second kappa shape index (κ2) is 10.4. The molecule has 0 spiro atoms. The van der Waals surface area contributed by atoms with Crippen molar-refractivity contribution in [3.8, 4) is 0 Å². The molecule has 1 saturated carbocycles. The van der Waals surface area contributed by atoms with Gasteiger partial charge in [-0.15, -0.1) is 0 Å². The van der Waals surface area contributed by atoms with Gasteiger partial charge in [-0.25, -0.2) is 0 Å². The Balaban J connectivity index is 2.93. The molecule has 0 heterocycles. The first-order valence-electron chi connectivity index (χ1n) is 9.18. The van der Waals surface area contributed by atoms with Crippen LogP contribution in [-0.4, -0.2) is 11.0 Å². The fraction of sp³-hybridized carbons (Fsp3) is 0.714. The molecule has 1 aliphatic carbocycles. The quantitative estimate of drug-likeness (QED) is 0.405. The van der Waals surface area contributed by atoms with Gasteiger partial charge in [0.2, 0.25) is 0 Å². The van der Waals surface area contributed by atoms with Crippen LogP contribution in [-0.2, 0) is 0 Å². The highest BCUT2D eigenvalue weighted by atomic mass is 32.2. The third kappa shape index (κ3) is 5.99. The summed E-state index contributed by atoms with van der Waals surface area (Å²) >= 11 is 2.19. The highest BCUT2D eigenvalue weighted by Crippen LogP contribution is 2.50. The lowest BCUT2D eigenvalue weighted by molar-refractivity contribution is 0.129. The highest BCUT2D eigenvalue weighted by Gasteiger charge is 2.39. The van der Waals surface area contributed by atoms with Gasteiger partial charge in [-0.1, -0.05) is 70.1 Å². The van der Waals surface area contributed by atoms with E-state index in [0.717, 1.165) is 11.2 Å². The van der Waals surface area contributed by atoms with Gasteiger partial charge in [0.25, 0.3) is 0 Å². The van der Waals surface area contributed by atoms with Crippen molar-refractivity contribution in [2.24, 2.45) is 11.3 Å². The average Bonchev–Trinajstić information content (AvgIpc) is 2.48. The summed E-state index contributed by atoms with van der Waals surface area (Å²) in [5, 5.41) is 0.855. The summed E-state index contributed by atoms with van der Waals surface area (Å²) in [6, 6.07) is 0. The number of hydrogen-bond acceptors (Lipinski definition) is 1. The van der Waals surface area contributed by atoms with Crippen LogP contribution in [0.2, 0.25) is 0 Å². The second-order valence-corrected chi connectivity index (χ2v) is 8.53. The van der Waals surface area contributed by atoms with Crippen LogP contribution in [0.25, 0.3) is 0 Å². The largest absolute Gasteiger partial charge is 0.159 e. The molecular weight excluding hydrogens is 284 g/mol. The van der Waals surface area contributed by atoms with Gasteiger partial charge in [0.1, 0.15) is 0 Å². The van der Waals surface area contributed by atoms with Gasteiger partial charge in [-0.2, -0.15) is 11.8 Å². The molecular formula is C21H36S. The average molecular weight is 321 g/mol. The van der Waals surface area contributed by atoms with Gasteiger partial charge >= 0.3 is 0 Å². The van der Waals surface area contributed by atoms with E-state index >= 15 is 0 Å². The van der Waals surface area contributed by atoms with E-state index in [-0.39, 0.29) is 0 Å². The van der Waals surface area contributed by atoms with Gasteiger partial charge in [0.05, 0.1) is 0 Å². The first kappa shape index (κ1) is 19.6. The van der Waals surface area contributed by atoms with Gasteiger partial charge in [0, 0.05) is 5.25 Å². The van der Waals surface area contributed by atoms with E-state index in [0.29, 0.717) is 5.41 Å². The molecule has 0 aromatic rings. The molecule has 0 amide bonds. The molecule has 0 N–H and O–H groups in total. The molecule has 0 aromatic heterocycles. The van der Waals surface area contributed by atoms with Gasteiger partial charge in [0.15, 0.2) is 0 Å². The van der Waals surface area contributed by atoms with Crippen molar-refractivity contribution in [3.05, 3.63) is 36.5 Å². The second-order valence-electron chi connectivity index (χ2n) is 6.95. The number of rotatable bonds is 9. The number of thioether (sulfide) groups is 1. The number of allylic oxidation sites excluding steroid dienone is 5. The molecule has 2 atom stereocenters. The predicted molar refractivity (Wildman–Crippen MR) is 105 cm³/mol. The maximum Gasteiger partial charge on any atom is 0.00579 e. The zero-order chi connectivity index (χ0) is 16.4. The highest BCUT2D eigenvalue weighted by molar-refractivity contribution is 7.99. The molecule has 0 saturated heterocycles. The minimum Gasteiger partial charge on any atom is -0.159 e. The van der Waals surface area contributed by atoms with Gasteiger partial charge < -0.3 is 0 Å². The standard InChI is InChI=1S/C21H36S/c1-6-10-11-12-18(5)19-15-20(22-9-4)17-21(16-19,13-7-2)14-8-3/h6,10-12,19-20H,1,7-9,13-17H2,2-5H3/b11-10-,18-12+. The van der Waals surface area contributed by atoms with Crippen molar-refractivity contribution < 1.29 is 0 Å². The monoisotopic (exact) mass is 320 g/mol. The van der Waals surface area contributed by atoms with Crippen LogP contribution >= 0.6 is 11.8 Å². The molecule has 2 unspecified atom stereocenters. The minimum atomic E-state index is 0.594. The summed E-state index contributed by atoms with van der Waals surface area (Å²) in [5.74, 6) is 2.02. The van der Waals surface area contributed by atoms with Gasteiger partial charge in [-0.05, 0) is 56.1 Å². The zero-order valence-corrected chi connectivity index (χ0v) is 16.1. The van der Waals surface area contributed by atoms with E-state index in [1.165, 1.54) is 50.7 Å². The summed E-state index contributed by atoms with van der Waals surface area (Å²) in [6.07, 6.45) is 18.1. The lowest BCUT2D eigenvalue weighted by Crippen LogP contribution is -2.35. The lowest BCUT2D eigenvalue weighted by atomic mass is 9.63. The molecule has 1 fully saturated rings. The topological polar surface area (TPSA) is 0 Å². The Morgan fingerprint density at radius 2 is 1.82 bits per heavy atom. The van der Waals surface area contributed by atoms with E-state index in [1.54, 1.807) is 5.57 Å². The van der Waals surface area contributed by atoms with Gasteiger partial charge in [-0.3, -0.25) is 0 Å².